The minimum Gasteiger partial charge on any atom is -0.364 e. The lowest BCUT2D eigenvalue weighted by Gasteiger charge is -2.06. The lowest BCUT2D eigenvalue weighted by atomic mass is 10.2. The fraction of sp³-hybridized carbons (Fsp3) is 0.231. The van der Waals surface area contributed by atoms with E-state index in [-0.39, 0.29) is 11.6 Å². The fourth-order valence-electron chi connectivity index (χ4n) is 1.55. The highest BCUT2D eigenvalue weighted by molar-refractivity contribution is 6.02. The van der Waals surface area contributed by atoms with Crippen LogP contribution in [0.4, 0.5) is 5.69 Å². The Morgan fingerprint density at radius 2 is 2.28 bits per heavy atom. The zero-order valence-corrected chi connectivity index (χ0v) is 10.1. The average Bonchev–Trinajstić information content (AvgIpc) is 2.91. The van der Waals surface area contributed by atoms with Crippen LogP contribution in [0.1, 0.15) is 23.0 Å². The molecule has 0 aliphatic carbocycles. The molecule has 1 aromatic carbocycles. The Morgan fingerprint density at radius 3 is 3.00 bits per heavy atom. The van der Waals surface area contributed by atoms with Crippen LogP contribution < -0.4 is 10.6 Å². The Bertz CT molecular complexity index is 509. The van der Waals surface area contributed by atoms with Crippen LogP contribution in [0.2, 0.25) is 0 Å². The van der Waals surface area contributed by atoms with Crippen molar-refractivity contribution >= 4 is 11.6 Å². The van der Waals surface area contributed by atoms with Crippen LogP contribution in [0, 0.1) is 0 Å². The van der Waals surface area contributed by atoms with Crippen molar-refractivity contribution in [1.82, 2.24) is 10.5 Å². The molecule has 0 saturated carbocycles. The first-order valence-electron chi connectivity index (χ1n) is 5.81. The lowest BCUT2D eigenvalue weighted by molar-refractivity contribution is 0.101. The number of aromatic nitrogens is 1. The number of carbonyl (C=O) groups is 1. The Balaban J connectivity index is 2.03. The fourth-order valence-corrected chi connectivity index (χ4v) is 1.55. The van der Waals surface area contributed by atoms with Crippen LogP contribution in [0.3, 0.4) is 0 Å². The van der Waals surface area contributed by atoms with Gasteiger partial charge in [-0.25, -0.2) is 0 Å². The molecule has 0 bridgehead atoms. The molecule has 94 valence electrons. The van der Waals surface area contributed by atoms with E-state index < -0.39 is 0 Å². The van der Waals surface area contributed by atoms with Gasteiger partial charge in [0.05, 0.1) is 0 Å². The van der Waals surface area contributed by atoms with Crippen molar-refractivity contribution in [1.29, 1.82) is 0 Å². The van der Waals surface area contributed by atoms with Crippen molar-refractivity contribution in [3.8, 4) is 0 Å². The van der Waals surface area contributed by atoms with Crippen LogP contribution in [0.15, 0.2) is 41.1 Å². The molecule has 1 aromatic heterocycles. The smallest absolute Gasteiger partial charge is 0.277 e. The summed E-state index contributed by atoms with van der Waals surface area (Å²) < 4.78 is 4.63. The van der Waals surface area contributed by atoms with Crippen LogP contribution in [0.5, 0.6) is 0 Å². The predicted molar refractivity (Wildman–Crippen MR) is 68.3 cm³/mol. The second-order valence-corrected chi connectivity index (χ2v) is 3.82. The number of carbonyl (C=O) groups excluding carboxylic acids is 1. The van der Waals surface area contributed by atoms with E-state index >= 15 is 0 Å². The van der Waals surface area contributed by atoms with E-state index in [9.17, 15) is 4.79 Å². The van der Waals surface area contributed by atoms with Crippen molar-refractivity contribution in [2.75, 3.05) is 11.9 Å². The van der Waals surface area contributed by atoms with Crippen molar-refractivity contribution in [3.63, 3.8) is 0 Å². The van der Waals surface area contributed by atoms with Crippen LogP contribution in [-0.4, -0.2) is 17.6 Å². The molecule has 5 heteroatoms. The maximum Gasteiger partial charge on any atom is 0.277 e. The van der Waals surface area contributed by atoms with E-state index in [1.54, 1.807) is 0 Å². The normalized spacial score (nSPS) is 10.3. The van der Waals surface area contributed by atoms with Gasteiger partial charge in [0.15, 0.2) is 5.69 Å². The highest BCUT2D eigenvalue weighted by Gasteiger charge is 2.08. The molecular formula is C13H15N3O2. The van der Waals surface area contributed by atoms with Gasteiger partial charge in [0, 0.05) is 18.3 Å². The van der Waals surface area contributed by atoms with Crippen LogP contribution in [-0.2, 0) is 6.54 Å². The molecule has 5 nitrogen and oxygen atoms in total. The van der Waals surface area contributed by atoms with Gasteiger partial charge in [-0.3, -0.25) is 4.79 Å². The summed E-state index contributed by atoms with van der Waals surface area (Å²) in [7, 11) is 0. The van der Waals surface area contributed by atoms with Crippen LogP contribution in [0.25, 0.3) is 0 Å². The SMILES string of the molecule is CCNCc1cccc(NC(=O)c2ccon2)c1. The summed E-state index contributed by atoms with van der Waals surface area (Å²) >= 11 is 0. The minimum absolute atomic E-state index is 0.270. The van der Waals surface area contributed by atoms with E-state index in [0.717, 1.165) is 24.3 Å². The Kier molecular flexibility index (Phi) is 4.09. The van der Waals surface area contributed by atoms with Gasteiger partial charge in [-0.05, 0) is 24.2 Å². The van der Waals surface area contributed by atoms with Gasteiger partial charge < -0.3 is 15.2 Å². The molecular weight excluding hydrogens is 230 g/mol. The molecule has 1 amide bonds. The van der Waals surface area contributed by atoms with Gasteiger partial charge >= 0.3 is 0 Å². The highest BCUT2D eigenvalue weighted by atomic mass is 16.5. The number of hydrogen-bond acceptors (Lipinski definition) is 4. The first-order chi connectivity index (χ1) is 8.79. The zero-order chi connectivity index (χ0) is 12.8. The van der Waals surface area contributed by atoms with E-state index in [1.165, 1.54) is 12.3 Å². The zero-order valence-electron chi connectivity index (χ0n) is 10.1. The number of benzene rings is 1. The Labute approximate surface area is 105 Å². The summed E-state index contributed by atoms with van der Waals surface area (Å²) in [6.07, 6.45) is 1.37. The maximum atomic E-state index is 11.8. The summed E-state index contributed by atoms with van der Waals surface area (Å²) in [4.78, 5) is 11.8. The number of anilines is 1. The monoisotopic (exact) mass is 245 g/mol. The Morgan fingerprint density at radius 1 is 1.39 bits per heavy atom. The quantitative estimate of drug-likeness (QED) is 0.845. The molecule has 0 spiro atoms. The minimum atomic E-state index is -0.274. The van der Waals surface area contributed by atoms with Crippen molar-refractivity contribution < 1.29 is 9.32 Å². The van der Waals surface area contributed by atoms with Crippen LogP contribution >= 0.6 is 0 Å². The predicted octanol–water partition coefficient (Wildman–Crippen LogP) is 2.04. The second kappa shape index (κ2) is 5.97. The lowest BCUT2D eigenvalue weighted by Crippen LogP contribution is -2.14. The first-order valence-corrected chi connectivity index (χ1v) is 5.81. The molecule has 1 heterocycles. The molecule has 0 atom stereocenters. The van der Waals surface area contributed by atoms with E-state index in [1.807, 2.05) is 24.3 Å². The molecule has 0 aliphatic rings. The topological polar surface area (TPSA) is 67.2 Å². The molecule has 0 radical (unpaired) electrons. The summed E-state index contributed by atoms with van der Waals surface area (Å²) in [5, 5.41) is 9.59. The molecule has 2 aromatic rings. The van der Waals surface area contributed by atoms with Crippen molar-refractivity contribution in [2.45, 2.75) is 13.5 Å². The van der Waals surface area contributed by atoms with E-state index in [4.69, 9.17) is 0 Å². The maximum absolute atomic E-state index is 11.8. The third kappa shape index (κ3) is 3.18. The second-order valence-electron chi connectivity index (χ2n) is 3.82. The Hall–Kier alpha value is -2.14. The number of rotatable bonds is 5. The summed E-state index contributed by atoms with van der Waals surface area (Å²) in [6, 6.07) is 9.21. The average molecular weight is 245 g/mol. The van der Waals surface area contributed by atoms with Crippen molar-refractivity contribution in [2.24, 2.45) is 0 Å². The van der Waals surface area contributed by atoms with Gasteiger partial charge in [0.2, 0.25) is 0 Å². The number of nitrogens with one attached hydrogen (secondary N) is 2. The van der Waals surface area contributed by atoms with Gasteiger partial charge in [0.25, 0.3) is 5.91 Å². The van der Waals surface area contributed by atoms with Gasteiger partial charge in [-0.2, -0.15) is 0 Å². The van der Waals surface area contributed by atoms with Gasteiger partial charge in [0.1, 0.15) is 6.26 Å². The van der Waals surface area contributed by atoms with E-state index in [0.29, 0.717) is 0 Å². The molecule has 0 fully saturated rings. The van der Waals surface area contributed by atoms with Crippen molar-refractivity contribution in [3.05, 3.63) is 47.9 Å². The summed E-state index contributed by atoms with van der Waals surface area (Å²) in [5.74, 6) is -0.274. The molecule has 0 aliphatic heterocycles. The van der Waals surface area contributed by atoms with E-state index in [2.05, 4.69) is 27.2 Å². The van der Waals surface area contributed by atoms with Gasteiger partial charge in [-0.15, -0.1) is 0 Å². The highest BCUT2D eigenvalue weighted by Crippen LogP contribution is 2.11. The summed E-state index contributed by atoms with van der Waals surface area (Å²) in [6.45, 7) is 3.75. The standard InChI is InChI=1S/C13H15N3O2/c1-2-14-9-10-4-3-5-11(8-10)15-13(17)12-6-7-18-16-12/h3-8,14H,2,9H2,1H3,(H,15,17). The summed E-state index contributed by atoms with van der Waals surface area (Å²) in [5.41, 5.74) is 2.14. The third-order valence-corrected chi connectivity index (χ3v) is 2.43. The molecule has 2 N–H and O–H groups in total. The number of nitrogens with zero attached hydrogens (tertiary/aromatic N) is 1. The molecule has 0 saturated heterocycles. The molecule has 18 heavy (non-hydrogen) atoms. The first kappa shape index (κ1) is 12.3. The number of hydrogen-bond donors (Lipinski definition) is 2. The third-order valence-electron chi connectivity index (χ3n) is 2.43. The number of amides is 1. The van der Waals surface area contributed by atoms with Gasteiger partial charge in [-0.1, -0.05) is 24.2 Å². The molecule has 2 rings (SSSR count). The largest absolute Gasteiger partial charge is 0.364 e. The molecule has 0 unspecified atom stereocenters.